The lowest BCUT2D eigenvalue weighted by molar-refractivity contribution is -0.141. The van der Waals surface area contributed by atoms with E-state index in [1.807, 2.05) is 11.8 Å². The minimum atomic E-state index is -0.0587. The minimum absolute atomic E-state index is 0.0587. The molecule has 0 bridgehead atoms. The lowest BCUT2D eigenvalue weighted by Gasteiger charge is -2.10. The van der Waals surface area contributed by atoms with E-state index in [1.54, 1.807) is 0 Å². The Morgan fingerprint density at radius 3 is 2.64 bits per heavy atom. The van der Waals surface area contributed by atoms with Gasteiger partial charge in [0, 0.05) is 0 Å². The Morgan fingerprint density at radius 2 is 2.27 bits per heavy atom. The van der Waals surface area contributed by atoms with E-state index < -0.39 is 0 Å². The van der Waals surface area contributed by atoms with Gasteiger partial charge in [0.2, 0.25) is 0 Å². The highest BCUT2D eigenvalue weighted by Gasteiger charge is 2.43. The second-order valence-electron chi connectivity index (χ2n) is 3.19. The van der Waals surface area contributed by atoms with Gasteiger partial charge in [-0.05, 0) is 30.3 Å². The van der Waals surface area contributed by atoms with Crippen molar-refractivity contribution >= 4 is 17.7 Å². The van der Waals surface area contributed by atoms with Gasteiger partial charge in [0.25, 0.3) is 0 Å². The summed E-state index contributed by atoms with van der Waals surface area (Å²) in [5, 5.41) is 0. The Balaban J connectivity index is 2.29. The fraction of sp³-hybridized carbons (Fsp3) is 0.875. The summed E-state index contributed by atoms with van der Waals surface area (Å²) in [5.41, 5.74) is 0.312. The molecule has 3 heteroatoms. The number of hydrogen-bond acceptors (Lipinski definition) is 3. The van der Waals surface area contributed by atoms with Crippen molar-refractivity contribution in [1.29, 1.82) is 0 Å². The monoisotopic (exact) mass is 174 g/mol. The standard InChI is InChI=1S/C8H14O2S/c1-10-7(9)5-8(3-4-8)6-11-2/h3-6H2,1-2H3. The normalized spacial score (nSPS) is 19.5. The molecule has 0 heterocycles. The summed E-state index contributed by atoms with van der Waals surface area (Å²) in [6.07, 6.45) is 5.09. The van der Waals surface area contributed by atoms with E-state index in [0.29, 0.717) is 11.8 Å². The molecule has 0 saturated heterocycles. The topological polar surface area (TPSA) is 26.3 Å². The number of methoxy groups -OCH3 is 1. The van der Waals surface area contributed by atoms with Gasteiger partial charge in [0.05, 0.1) is 13.5 Å². The van der Waals surface area contributed by atoms with Gasteiger partial charge in [-0.3, -0.25) is 4.79 Å². The fourth-order valence-corrected chi connectivity index (χ4v) is 2.24. The van der Waals surface area contributed by atoms with Gasteiger partial charge >= 0.3 is 5.97 Å². The molecular weight excluding hydrogens is 160 g/mol. The smallest absolute Gasteiger partial charge is 0.306 e. The highest BCUT2D eigenvalue weighted by atomic mass is 32.2. The Labute approximate surface area is 71.7 Å². The van der Waals surface area contributed by atoms with E-state index in [2.05, 4.69) is 11.0 Å². The summed E-state index contributed by atoms with van der Waals surface area (Å²) >= 11 is 1.82. The number of esters is 1. The fourth-order valence-electron chi connectivity index (χ4n) is 1.23. The van der Waals surface area contributed by atoms with Crippen LogP contribution in [0.1, 0.15) is 19.3 Å². The second-order valence-corrected chi connectivity index (χ2v) is 4.05. The van der Waals surface area contributed by atoms with Crippen LogP contribution in [0.4, 0.5) is 0 Å². The Bertz CT molecular complexity index is 152. The van der Waals surface area contributed by atoms with E-state index in [9.17, 15) is 4.79 Å². The van der Waals surface area contributed by atoms with Crippen molar-refractivity contribution in [3.63, 3.8) is 0 Å². The molecule has 1 saturated carbocycles. The molecule has 1 aliphatic rings. The summed E-state index contributed by atoms with van der Waals surface area (Å²) < 4.78 is 4.62. The number of rotatable bonds is 4. The molecule has 1 fully saturated rings. The van der Waals surface area contributed by atoms with Crippen LogP contribution < -0.4 is 0 Å². The number of hydrogen-bond donors (Lipinski definition) is 0. The third-order valence-electron chi connectivity index (χ3n) is 2.15. The molecule has 0 aliphatic heterocycles. The molecule has 0 aromatic rings. The number of thioether (sulfide) groups is 1. The van der Waals surface area contributed by atoms with Crippen molar-refractivity contribution in [2.45, 2.75) is 19.3 Å². The van der Waals surface area contributed by atoms with Crippen LogP contribution in [0.5, 0.6) is 0 Å². The van der Waals surface area contributed by atoms with Crippen molar-refractivity contribution in [1.82, 2.24) is 0 Å². The van der Waals surface area contributed by atoms with Crippen molar-refractivity contribution in [2.24, 2.45) is 5.41 Å². The van der Waals surface area contributed by atoms with Crippen LogP contribution >= 0.6 is 11.8 Å². The zero-order valence-electron chi connectivity index (χ0n) is 7.05. The SMILES string of the molecule is COC(=O)CC1(CSC)CC1. The lowest BCUT2D eigenvalue weighted by atomic mass is 10.1. The van der Waals surface area contributed by atoms with Crippen molar-refractivity contribution in [3.8, 4) is 0 Å². The van der Waals surface area contributed by atoms with Gasteiger partial charge in [-0.1, -0.05) is 0 Å². The largest absolute Gasteiger partial charge is 0.469 e. The Kier molecular flexibility index (Phi) is 2.82. The molecule has 64 valence electrons. The van der Waals surface area contributed by atoms with Crippen LogP contribution in [0.15, 0.2) is 0 Å². The minimum Gasteiger partial charge on any atom is -0.469 e. The average molecular weight is 174 g/mol. The summed E-state index contributed by atoms with van der Waals surface area (Å²) in [6, 6.07) is 0. The third-order valence-corrected chi connectivity index (χ3v) is 3.06. The summed E-state index contributed by atoms with van der Waals surface area (Å²) in [6.45, 7) is 0. The summed E-state index contributed by atoms with van der Waals surface area (Å²) in [4.78, 5) is 10.9. The van der Waals surface area contributed by atoms with Crippen LogP contribution in [-0.4, -0.2) is 25.1 Å². The van der Waals surface area contributed by atoms with E-state index in [-0.39, 0.29) is 5.97 Å². The quantitative estimate of drug-likeness (QED) is 0.607. The van der Waals surface area contributed by atoms with Gasteiger partial charge in [0.15, 0.2) is 0 Å². The first-order chi connectivity index (χ1) is 5.22. The molecule has 0 atom stereocenters. The zero-order valence-corrected chi connectivity index (χ0v) is 7.87. The van der Waals surface area contributed by atoms with Gasteiger partial charge in [0.1, 0.15) is 0 Å². The molecule has 1 aliphatic carbocycles. The molecule has 0 amide bonds. The highest BCUT2D eigenvalue weighted by Crippen LogP contribution is 2.50. The molecule has 0 unspecified atom stereocenters. The van der Waals surface area contributed by atoms with E-state index in [4.69, 9.17) is 0 Å². The lowest BCUT2D eigenvalue weighted by Crippen LogP contribution is -2.12. The maximum Gasteiger partial charge on any atom is 0.306 e. The van der Waals surface area contributed by atoms with Crippen LogP contribution in [0.2, 0.25) is 0 Å². The summed E-state index contributed by atoms with van der Waals surface area (Å²) in [7, 11) is 1.46. The maximum atomic E-state index is 10.9. The first-order valence-corrected chi connectivity index (χ1v) is 5.18. The Morgan fingerprint density at radius 1 is 1.64 bits per heavy atom. The number of ether oxygens (including phenoxy) is 1. The molecule has 0 aromatic carbocycles. The maximum absolute atomic E-state index is 10.9. The van der Waals surface area contributed by atoms with E-state index in [0.717, 1.165) is 5.75 Å². The van der Waals surface area contributed by atoms with Gasteiger partial charge < -0.3 is 4.74 Å². The second kappa shape index (κ2) is 3.48. The molecule has 0 radical (unpaired) electrons. The zero-order chi connectivity index (χ0) is 8.32. The van der Waals surface area contributed by atoms with Crippen LogP contribution in [0.25, 0.3) is 0 Å². The molecule has 0 spiro atoms. The van der Waals surface area contributed by atoms with Crippen molar-refractivity contribution in [3.05, 3.63) is 0 Å². The predicted octanol–water partition coefficient (Wildman–Crippen LogP) is 1.69. The molecule has 2 nitrogen and oxygen atoms in total. The molecule has 1 rings (SSSR count). The average Bonchev–Trinajstić information content (AvgIpc) is 2.70. The van der Waals surface area contributed by atoms with Crippen LogP contribution in [0, 0.1) is 5.41 Å². The van der Waals surface area contributed by atoms with Crippen molar-refractivity contribution < 1.29 is 9.53 Å². The van der Waals surface area contributed by atoms with Gasteiger partial charge in [-0.25, -0.2) is 0 Å². The van der Waals surface area contributed by atoms with Gasteiger partial charge in [-0.2, -0.15) is 11.8 Å². The summed E-state index contributed by atoms with van der Waals surface area (Å²) in [5.74, 6) is 1.04. The molecule has 11 heavy (non-hydrogen) atoms. The van der Waals surface area contributed by atoms with Crippen LogP contribution in [0.3, 0.4) is 0 Å². The molecule has 0 N–H and O–H groups in total. The highest BCUT2D eigenvalue weighted by molar-refractivity contribution is 7.98. The molecular formula is C8H14O2S. The Hall–Kier alpha value is -0.180. The first-order valence-electron chi connectivity index (χ1n) is 3.78. The predicted molar refractivity (Wildman–Crippen MR) is 46.7 cm³/mol. The number of carbonyl (C=O) groups is 1. The van der Waals surface area contributed by atoms with Crippen LogP contribution in [-0.2, 0) is 9.53 Å². The molecule has 0 aromatic heterocycles. The van der Waals surface area contributed by atoms with Gasteiger partial charge in [-0.15, -0.1) is 0 Å². The number of carbonyl (C=O) groups excluding carboxylic acids is 1. The third kappa shape index (κ3) is 2.40. The van der Waals surface area contributed by atoms with E-state index in [1.165, 1.54) is 20.0 Å². The van der Waals surface area contributed by atoms with Crippen molar-refractivity contribution in [2.75, 3.05) is 19.1 Å². The first kappa shape index (κ1) is 8.91. The van der Waals surface area contributed by atoms with E-state index >= 15 is 0 Å².